The lowest BCUT2D eigenvalue weighted by atomic mass is 9.98. The van der Waals surface area contributed by atoms with Crippen LogP contribution in [0.15, 0.2) is 110 Å². The third-order valence-electron chi connectivity index (χ3n) is 8.45. The van der Waals surface area contributed by atoms with Crippen molar-refractivity contribution in [3.63, 3.8) is 0 Å². The van der Waals surface area contributed by atoms with Crippen molar-refractivity contribution < 1.29 is 19.5 Å². The monoisotopic (exact) mass is 631 g/mol. The van der Waals surface area contributed by atoms with Crippen LogP contribution in [0.25, 0.3) is 11.1 Å². The van der Waals surface area contributed by atoms with Crippen molar-refractivity contribution in [2.75, 3.05) is 25.4 Å². The second-order valence-corrected chi connectivity index (χ2v) is 11.7. The van der Waals surface area contributed by atoms with Gasteiger partial charge in [-0.2, -0.15) is 0 Å². The summed E-state index contributed by atoms with van der Waals surface area (Å²) in [6.07, 6.45) is 2.81. The Bertz CT molecular complexity index is 1750. The lowest BCUT2D eigenvalue weighted by Gasteiger charge is -2.55. The average molecular weight is 632 g/mol. The summed E-state index contributed by atoms with van der Waals surface area (Å²) in [6.45, 7) is 4.70. The van der Waals surface area contributed by atoms with Crippen LogP contribution in [0, 0.1) is 0 Å². The van der Waals surface area contributed by atoms with Gasteiger partial charge in [0.1, 0.15) is 23.8 Å². The molecular weight excluding hydrogens is 594 g/mol. The lowest BCUT2D eigenvalue weighted by Crippen LogP contribution is -2.76. The number of carbonyl (C=O) groups excluding carboxylic acids is 3. The van der Waals surface area contributed by atoms with Gasteiger partial charge >= 0.3 is 6.03 Å². The smallest absolute Gasteiger partial charge is 0.334 e. The quantitative estimate of drug-likeness (QED) is 0.239. The maximum absolute atomic E-state index is 14.3. The standard InChI is InChI=1S/C36H37N7O4/c1-2-17-41-24-34(45)42-31(19-25-11-14-30(44)15-12-25)35(46)40(22-27-9-6-10-28(18-27)29-13-16-32(37)38-21-29)23-33(42)43(41)36(47)39-20-26-7-4-3-5-8-26/h2-16,18,21,31,33,44H,1,17,19-20,22-24H2,(H2,37,38)(H,39,47)/t31-,33-/m0/s1. The summed E-state index contributed by atoms with van der Waals surface area (Å²) >= 11 is 0. The summed E-state index contributed by atoms with van der Waals surface area (Å²) in [7, 11) is 0. The van der Waals surface area contributed by atoms with Crippen molar-refractivity contribution in [2.24, 2.45) is 0 Å². The molecule has 3 aromatic carbocycles. The molecule has 0 bridgehead atoms. The zero-order valence-electron chi connectivity index (χ0n) is 25.9. The van der Waals surface area contributed by atoms with E-state index in [2.05, 4.69) is 16.9 Å². The molecule has 2 atom stereocenters. The zero-order valence-corrected chi connectivity index (χ0v) is 25.9. The molecule has 1 aromatic heterocycles. The minimum absolute atomic E-state index is 0.0850. The molecule has 11 heteroatoms. The van der Waals surface area contributed by atoms with Gasteiger partial charge < -0.3 is 26.0 Å². The molecule has 6 rings (SSSR count). The zero-order chi connectivity index (χ0) is 32.9. The molecule has 4 amide bonds. The third kappa shape index (κ3) is 6.95. The van der Waals surface area contributed by atoms with Gasteiger partial charge in [0.15, 0.2) is 0 Å². The number of nitrogen functional groups attached to an aromatic ring is 1. The van der Waals surface area contributed by atoms with Gasteiger partial charge in [-0.3, -0.25) is 9.59 Å². The number of amides is 4. The van der Waals surface area contributed by atoms with E-state index >= 15 is 0 Å². The summed E-state index contributed by atoms with van der Waals surface area (Å²) < 4.78 is 0. The Morgan fingerprint density at radius 3 is 2.45 bits per heavy atom. The predicted molar refractivity (Wildman–Crippen MR) is 178 cm³/mol. The molecule has 240 valence electrons. The summed E-state index contributed by atoms with van der Waals surface area (Å²) in [4.78, 5) is 49.5. The number of hydrogen-bond acceptors (Lipinski definition) is 7. The number of pyridine rings is 1. The van der Waals surface area contributed by atoms with Crippen molar-refractivity contribution >= 4 is 23.7 Å². The molecule has 4 aromatic rings. The first-order chi connectivity index (χ1) is 22.8. The number of anilines is 1. The molecule has 3 heterocycles. The number of rotatable bonds is 9. The molecule has 4 N–H and O–H groups in total. The number of phenolic OH excluding ortho intramolecular Hbond substituents is 1. The van der Waals surface area contributed by atoms with Crippen LogP contribution in [0.2, 0.25) is 0 Å². The number of nitrogens with two attached hydrogens (primary N) is 1. The van der Waals surface area contributed by atoms with E-state index in [1.165, 1.54) is 0 Å². The van der Waals surface area contributed by atoms with E-state index in [1.807, 2.05) is 60.7 Å². The fraction of sp³-hybridized carbons (Fsp3) is 0.222. The second kappa shape index (κ2) is 13.8. The predicted octanol–water partition coefficient (Wildman–Crippen LogP) is 3.77. The van der Waals surface area contributed by atoms with E-state index in [0.29, 0.717) is 12.4 Å². The van der Waals surface area contributed by atoms with Crippen molar-refractivity contribution in [3.05, 3.63) is 127 Å². The molecule has 2 fully saturated rings. The number of hydrazine groups is 1. The minimum atomic E-state index is -0.870. The van der Waals surface area contributed by atoms with E-state index in [4.69, 9.17) is 5.73 Å². The number of fused-ring (bicyclic) bond motifs is 1. The summed E-state index contributed by atoms with van der Waals surface area (Å²) in [5.41, 5.74) is 10.2. The Balaban J connectivity index is 1.34. The maximum atomic E-state index is 14.3. The summed E-state index contributed by atoms with van der Waals surface area (Å²) in [5.74, 6) is 0.0651. The van der Waals surface area contributed by atoms with Crippen LogP contribution in [-0.2, 0) is 29.1 Å². The van der Waals surface area contributed by atoms with Crippen molar-refractivity contribution in [2.45, 2.75) is 31.7 Å². The van der Waals surface area contributed by atoms with E-state index < -0.39 is 12.2 Å². The largest absolute Gasteiger partial charge is 0.508 e. The summed E-state index contributed by atoms with van der Waals surface area (Å²) in [6, 6.07) is 26.4. The topological polar surface area (TPSA) is 135 Å². The molecule has 0 spiro atoms. The fourth-order valence-corrected chi connectivity index (χ4v) is 6.20. The first kappa shape index (κ1) is 31.3. The Morgan fingerprint density at radius 1 is 0.957 bits per heavy atom. The number of phenols is 1. The molecule has 47 heavy (non-hydrogen) atoms. The number of aromatic nitrogens is 1. The van der Waals surface area contributed by atoms with Crippen LogP contribution in [0.1, 0.15) is 16.7 Å². The van der Waals surface area contributed by atoms with Gasteiger partial charge in [0.05, 0.1) is 13.1 Å². The first-order valence-corrected chi connectivity index (χ1v) is 15.5. The third-order valence-corrected chi connectivity index (χ3v) is 8.45. The molecule has 0 saturated carbocycles. The number of urea groups is 1. The van der Waals surface area contributed by atoms with Gasteiger partial charge in [-0.05, 0) is 52.6 Å². The Kier molecular flexibility index (Phi) is 9.16. The molecular formula is C36H37N7O4. The molecule has 2 aliphatic heterocycles. The molecule has 2 saturated heterocycles. The van der Waals surface area contributed by atoms with Crippen LogP contribution in [0.5, 0.6) is 5.75 Å². The molecule has 0 aliphatic carbocycles. The number of nitrogens with one attached hydrogen (secondary N) is 1. The Morgan fingerprint density at radius 2 is 1.72 bits per heavy atom. The van der Waals surface area contributed by atoms with Gasteiger partial charge in [0.2, 0.25) is 11.8 Å². The number of aromatic hydroxyl groups is 1. The number of hydrogen-bond donors (Lipinski definition) is 3. The highest BCUT2D eigenvalue weighted by Crippen LogP contribution is 2.30. The number of nitrogens with zero attached hydrogens (tertiary/aromatic N) is 5. The van der Waals surface area contributed by atoms with Crippen LogP contribution in [0.3, 0.4) is 0 Å². The highest BCUT2D eigenvalue weighted by molar-refractivity contribution is 5.91. The van der Waals surface area contributed by atoms with E-state index in [9.17, 15) is 19.5 Å². The van der Waals surface area contributed by atoms with E-state index in [-0.39, 0.29) is 56.2 Å². The van der Waals surface area contributed by atoms with Gasteiger partial charge in [-0.25, -0.2) is 19.8 Å². The van der Waals surface area contributed by atoms with Gasteiger partial charge in [0, 0.05) is 37.8 Å². The number of carbonyl (C=O) groups is 3. The SMILES string of the molecule is C=CCN1CC(=O)N2[C@@H](Cc3ccc(O)cc3)C(=O)N(Cc3cccc(-c4ccc(N)nc4)c3)C[C@@H]2N1C(=O)NCc1ccccc1. The Labute approximate surface area is 273 Å². The Hall–Kier alpha value is -5.68. The molecule has 0 unspecified atom stereocenters. The van der Waals surface area contributed by atoms with Crippen LogP contribution in [0.4, 0.5) is 10.6 Å². The van der Waals surface area contributed by atoms with Gasteiger partial charge in [-0.15, -0.1) is 6.58 Å². The molecule has 0 radical (unpaired) electrons. The van der Waals surface area contributed by atoms with Gasteiger partial charge in [-0.1, -0.05) is 66.7 Å². The van der Waals surface area contributed by atoms with Crippen LogP contribution < -0.4 is 11.1 Å². The highest BCUT2D eigenvalue weighted by Gasteiger charge is 2.51. The van der Waals surface area contributed by atoms with Crippen LogP contribution >= 0.6 is 0 Å². The van der Waals surface area contributed by atoms with Gasteiger partial charge in [0.25, 0.3) is 0 Å². The summed E-state index contributed by atoms with van der Waals surface area (Å²) in [5, 5.41) is 16.1. The second-order valence-electron chi connectivity index (χ2n) is 11.7. The minimum Gasteiger partial charge on any atom is -0.508 e. The van der Waals surface area contributed by atoms with Crippen molar-refractivity contribution in [3.8, 4) is 16.9 Å². The molecule has 2 aliphatic rings. The van der Waals surface area contributed by atoms with E-state index in [1.54, 1.807) is 62.4 Å². The highest BCUT2D eigenvalue weighted by atomic mass is 16.3. The normalized spacial score (nSPS) is 18.2. The molecule has 11 nitrogen and oxygen atoms in total. The maximum Gasteiger partial charge on any atom is 0.334 e. The fourth-order valence-electron chi connectivity index (χ4n) is 6.20. The number of benzene rings is 3. The average Bonchev–Trinajstić information content (AvgIpc) is 3.07. The lowest BCUT2D eigenvalue weighted by molar-refractivity contribution is -0.189. The van der Waals surface area contributed by atoms with Crippen molar-refractivity contribution in [1.29, 1.82) is 0 Å². The van der Waals surface area contributed by atoms with Crippen molar-refractivity contribution in [1.82, 2.24) is 30.1 Å². The van der Waals surface area contributed by atoms with E-state index in [0.717, 1.165) is 27.8 Å². The van der Waals surface area contributed by atoms with Crippen LogP contribution in [-0.4, -0.2) is 79.6 Å². The first-order valence-electron chi connectivity index (χ1n) is 15.5. The number of piperazine rings is 1.